The zero-order valence-corrected chi connectivity index (χ0v) is 23.5. The number of nitrogens with zero attached hydrogens (tertiary/aromatic N) is 4. The average molecular weight is 563 g/mol. The summed E-state index contributed by atoms with van der Waals surface area (Å²) in [6, 6.07) is 7.63. The monoisotopic (exact) mass is 562 g/mol. The number of hydrogen-bond acceptors (Lipinski definition) is 11. The number of hydrogen-bond donors (Lipinski definition) is 2. The molecule has 2 aromatic heterocycles. The highest BCUT2D eigenvalue weighted by Crippen LogP contribution is 2.46. The molecular formula is C25H35N6O7P. The van der Waals surface area contributed by atoms with Gasteiger partial charge in [-0.25, -0.2) is 9.55 Å². The zero-order valence-electron chi connectivity index (χ0n) is 22.6. The number of carbonyl (C=O) groups is 1. The lowest BCUT2D eigenvalue weighted by molar-refractivity contribution is -0.149. The maximum Gasteiger partial charge on any atom is 0.459 e. The molecule has 5 atom stereocenters. The lowest BCUT2D eigenvalue weighted by Crippen LogP contribution is -2.36. The van der Waals surface area contributed by atoms with E-state index < -0.39 is 32.1 Å². The first-order valence-corrected chi connectivity index (χ1v) is 14.4. The molecular weight excluding hydrogens is 527 g/mol. The molecule has 0 saturated carbocycles. The number of benzene rings is 1. The van der Waals surface area contributed by atoms with Crippen LogP contribution in [0.3, 0.4) is 0 Å². The highest BCUT2D eigenvalue weighted by molar-refractivity contribution is 7.52. The minimum absolute atomic E-state index is 0.0325. The van der Waals surface area contributed by atoms with Crippen LogP contribution in [-0.2, 0) is 23.4 Å². The molecule has 0 aliphatic carbocycles. The third-order valence-electron chi connectivity index (χ3n) is 5.87. The van der Waals surface area contributed by atoms with E-state index in [2.05, 4.69) is 20.0 Å². The van der Waals surface area contributed by atoms with Crippen molar-refractivity contribution < 1.29 is 32.6 Å². The van der Waals surface area contributed by atoms with Crippen LogP contribution in [0.15, 0.2) is 36.7 Å². The number of nitrogens with one attached hydrogen (secondary N) is 1. The molecule has 0 spiro atoms. The molecule has 5 unspecified atom stereocenters. The Morgan fingerprint density at radius 2 is 2.00 bits per heavy atom. The Balaban J connectivity index is 1.48. The summed E-state index contributed by atoms with van der Waals surface area (Å²) < 4.78 is 44.1. The van der Waals surface area contributed by atoms with Crippen LogP contribution in [0.4, 0.5) is 5.95 Å². The number of fused-ring (bicyclic) bond motifs is 1. The third-order valence-corrected chi connectivity index (χ3v) is 7.52. The first-order valence-electron chi connectivity index (χ1n) is 12.8. The van der Waals surface area contributed by atoms with E-state index in [0.29, 0.717) is 35.8 Å². The van der Waals surface area contributed by atoms with Crippen molar-refractivity contribution in [1.29, 1.82) is 0 Å². The Bertz CT molecular complexity index is 1320. The average Bonchev–Trinajstić information content (AvgIpc) is 3.46. The number of esters is 1. The summed E-state index contributed by atoms with van der Waals surface area (Å²) in [5.41, 5.74) is 6.87. The smallest absolute Gasteiger partial charge is 0.459 e. The Labute approximate surface area is 226 Å². The summed E-state index contributed by atoms with van der Waals surface area (Å²) >= 11 is 0. The van der Waals surface area contributed by atoms with Crippen LogP contribution in [0, 0.1) is 5.92 Å². The molecule has 14 heteroatoms. The molecule has 3 heterocycles. The molecule has 212 valence electrons. The number of nitrogen functional groups attached to an aromatic ring is 1. The van der Waals surface area contributed by atoms with Gasteiger partial charge in [-0.1, -0.05) is 25.1 Å². The van der Waals surface area contributed by atoms with Crippen LogP contribution < -0.4 is 20.1 Å². The third kappa shape index (κ3) is 7.04. The quantitative estimate of drug-likeness (QED) is 0.242. The molecule has 1 fully saturated rings. The summed E-state index contributed by atoms with van der Waals surface area (Å²) in [5.74, 6) is 0.150. The Morgan fingerprint density at radius 3 is 2.69 bits per heavy atom. The van der Waals surface area contributed by atoms with E-state index in [0.717, 1.165) is 0 Å². The van der Waals surface area contributed by atoms with Gasteiger partial charge in [0.05, 0.1) is 31.7 Å². The molecule has 1 saturated heterocycles. The van der Waals surface area contributed by atoms with Crippen LogP contribution in [-0.4, -0.2) is 57.0 Å². The Morgan fingerprint density at radius 1 is 1.26 bits per heavy atom. The van der Waals surface area contributed by atoms with Crippen molar-refractivity contribution in [1.82, 2.24) is 24.6 Å². The van der Waals surface area contributed by atoms with Crippen LogP contribution >= 0.6 is 7.75 Å². The van der Waals surface area contributed by atoms with Crippen LogP contribution in [0.1, 0.15) is 47.3 Å². The van der Waals surface area contributed by atoms with Crippen LogP contribution in [0.5, 0.6) is 11.6 Å². The van der Waals surface area contributed by atoms with Gasteiger partial charge in [-0.15, -0.1) is 0 Å². The van der Waals surface area contributed by atoms with Crippen molar-refractivity contribution in [2.75, 3.05) is 18.9 Å². The van der Waals surface area contributed by atoms with Gasteiger partial charge in [-0.3, -0.25) is 13.9 Å². The first kappa shape index (κ1) is 28.8. The SMILES string of the molecule is CCOc1nc(N)nc2c1ncn2C1OC(COP(=O)(NC(C)C(=O)OC(C)C)Oc2ccccc2)CC1C. The van der Waals surface area contributed by atoms with Gasteiger partial charge in [-0.05, 0) is 46.2 Å². The van der Waals surface area contributed by atoms with Crippen molar-refractivity contribution in [3.63, 3.8) is 0 Å². The van der Waals surface area contributed by atoms with Gasteiger partial charge in [0.15, 0.2) is 11.2 Å². The van der Waals surface area contributed by atoms with Gasteiger partial charge in [0.1, 0.15) is 18.0 Å². The number of imidazole rings is 1. The fourth-order valence-corrected chi connectivity index (χ4v) is 5.73. The maximum atomic E-state index is 13.8. The molecule has 1 aromatic carbocycles. The summed E-state index contributed by atoms with van der Waals surface area (Å²) in [4.78, 5) is 25.3. The minimum Gasteiger partial charge on any atom is -0.476 e. The van der Waals surface area contributed by atoms with Gasteiger partial charge >= 0.3 is 13.7 Å². The van der Waals surface area contributed by atoms with Gasteiger partial charge in [-0.2, -0.15) is 15.1 Å². The van der Waals surface area contributed by atoms with E-state index in [1.54, 1.807) is 55.1 Å². The Kier molecular flexibility index (Phi) is 9.06. The van der Waals surface area contributed by atoms with Crippen molar-refractivity contribution in [3.05, 3.63) is 36.7 Å². The predicted octanol–water partition coefficient (Wildman–Crippen LogP) is 3.86. The Hall–Kier alpha value is -3.25. The summed E-state index contributed by atoms with van der Waals surface area (Å²) in [6.07, 6.45) is 1.01. The zero-order chi connectivity index (χ0) is 28.2. The molecule has 13 nitrogen and oxygen atoms in total. The largest absolute Gasteiger partial charge is 0.476 e. The van der Waals surface area contributed by atoms with Gasteiger partial charge < -0.3 is 24.5 Å². The van der Waals surface area contributed by atoms with E-state index in [1.807, 2.05) is 13.8 Å². The van der Waals surface area contributed by atoms with E-state index in [4.69, 9.17) is 29.0 Å². The first-order chi connectivity index (χ1) is 18.6. The number of anilines is 1. The van der Waals surface area contributed by atoms with E-state index in [9.17, 15) is 9.36 Å². The van der Waals surface area contributed by atoms with E-state index >= 15 is 0 Å². The fourth-order valence-electron chi connectivity index (χ4n) is 4.21. The van der Waals surface area contributed by atoms with Gasteiger partial charge in [0.2, 0.25) is 11.8 Å². The number of ether oxygens (including phenoxy) is 3. The van der Waals surface area contributed by atoms with Crippen molar-refractivity contribution >= 4 is 30.8 Å². The summed E-state index contributed by atoms with van der Waals surface area (Å²) in [6.45, 7) is 9.21. The lowest BCUT2D eigenvalue weighted by Gasteiger charge is -2.24. The number of nitrogens with two attached hydrogens (primary N) is 1. The fraction of sp³-hybridized carbons (Fsp3) is 0.520. The molecule has 1 aliphatic rings. The summed E-state index contributed by atoms with van der Waals surface area (Å²) in [5, 5.41) is 2.69. The van der Waals surface area contributed by atoms with Crippen LogP contribution in [0.25, 0.3) is 11.2 Å². The number of rotatable bonds is 12. The molecule has 1 aliphatic heterocycles. The predicted molar refractivity (Wildman–Crippen MR) is 143 cm³/mol. The summed E-state index contributed by atoms with van der Waals surface area (Å²) in [7, 11) is -4.01. The molecule has 39 heavy (non-hydrogen) atoms. The number of carbonyl (C=O) groups excluding carboxylic acids is 1. The molecule has 0 bridgehead atoms. The highest BCUT2D eigenvalue weighted by Gasteiger charge is 2.38. The van der Waals surface area contributed by atoms with Gasteiger partial charge in [0, 0.05) is 5.92 Å². The maximum absolute atomic E-state index is 13.8. The molecule has 0 amide bonds. The second-order valence-corrected chi connectivity index (χ2v) is 11.2. The second kappa shape index (κ2) is 12.3. The molecule has 0 radical (unpaired) electrons. The molecule has 4 rings (SSSR count). The standard InChI is InChI=1S/C25H35N6O7P/c1-6-34-22-20-21(28-25(26)29-22)31(14-27-20)23-16(4)12-19(37-23)13-35-39(33,38-18-10-8-7-9-11-18)30-17(5)24(32)36-15(2)3/h7-11,14-17,19,23H,6,12-13H2,1-5H3,(H,30,33)(H2,26,28,29). The topological polar surface area (TPSA) is 162 Å². The minimum atomic E-state index is -4.01. The van der Waals surface area contributed by atoms with Crippen molar-refractivity contribution in [2.45, 2.75) is 65.5 Å². The van der Waals surface area contributed by atoms with Gasteiger partial charge in [0.25, 0.3) is 0 Å². The number of aromatic nitrogens is 4. The van der Waals surface area contributed by atoms with Crippen LogP contribution in [0.2, 0.25) is 0 Å². The molecule has 3 aromatic rings. The van der Waals surface area contributed by atoms with E-state index in [-0.39, 0.29) is 24.6 Å². The highest BCUT2D eigenvalue weighted by atomic mass is 31.2. The second-order valence-electron chi connectivity index (χ2n) is 9.54. The lowest BCUT2D eigenvalue weighted by atomic mass is 10.1. The number of para-hydroxylation sites is 1. The van der Waals surface area contributed by atoms with Crippen molar-refractivity contribution in [3.8, 4) is 11.6 Å². The normalized spacial score (nSPS) is 21.5. The van der Waals surface area contributed by atoms with E-state index in [1.165, 1.54) is 6.92 Å². The van der Waals surface area contributed by atoms with Crippen molar-refractivity contribution in [2.24, 2.45) is 5.92 Å². The molecule has 3 N–H and O–H groups in total.